The lowest BCUT2D eigenvalue weighted by atomic mass is 10.0. The van der Waals surface area contributed by atoms with Crippen LogP contribution in [0.15, 0.2) is 101 Å². The molecule has 3 rings (SSSR count). The van der Waals surface area contributed by atoms with Crippen LogP contribution in [0, 0.1) is 0 Å². The van der Waals surface area contributed by atoms with Crippen LogP contribution in [0.2, 0.25) is 39.3 Å². The molecule has 0 amide bonds. The Kier molecular flexibility index (Phi) is 10.1. The highest BCUT2D eigenvalue weighted by atomic mass is 28.3. The smallest absolute Gasteiger partial charge is 0.169 e. The van der Waals surface area contributed by atoms with Gasteiger partial charge in [0, 0.05) is 5.71 Å². The molecule has 3 aromatic rings. The van der Waals surface area contributed by atoms with E-state index in [1.54, 1.807) is 0 Å². The molecule has 0 spiro atoms. The highest BCUT2D eigenvalue weighted by Gasteiger charge is 2.25. The van der Waals surface area contributed by atoms with Gasteiger partial charge in [0.15, 0.2) is 16.5 Å². The molecule has 0 unspecified atom stereocenters. The fraction of sp³-hybridized carbons (Fsp3) is 0.355. The van der Waals surface area contributed by atoms with Crippen LogP contribution in [-0.4, -0.2) is 37.2 Å². The predicted molar refractivity (Wildman–Crippen MR) is 166 cm³/mol. The lowest BCUT2D eigenvalue weighted by Crippen LogP contribution is -2.42. The molecule has 0 heterocycles. The van der Waals surface area contributed by atoms with Gasteiger partial charge in [0.2, 0.25) is 0 Å². The number of hydrogen-bond donors (Lipinski definition) is 0. The Labute approximate surface area is 226 Å². The van der Waals surface area contributed by atoms with Crippen LogP contribution >= 0.6 is 0 Å². The van der Waals surface area contributed by atoms with Crippen LogP contribution in [-0.2, 0) is 13.1 Å². The van der Waals surface area contributed by atoms with Crippen molar-refractivity contribution in [2.45, 2.75) is 72.1 Å². The van der Waals surface area contributed by atoms with Gasteiger partial charge in [0.1, 0.15) is 0 Å². The van der Waals surface area contributed by atoms with Crippen LogP contribution in [0.5, 0.6) is 0 Å². The molecule has 0 radical (unpaired) electrons. The number of rotatable bonds is 12. The summed E-state index contributed by atoms with van der Waals surface area (Å²) in [5.41, 5.74) is 6.09. The molecule has 4 nitrogen and oxygen atoms in total. The Morgan fingerprint density at radius 2 is 0.973 bits per heavy atom. The van der Waals surface area contributed by atoms with Crippen molar-refractivity contribution in [2.75, 3.05) is 0 Å². The Morgan fingerprint density at radius 3 is 1.41 bits per heavy atom. The molecule has 37 heavy (non-hydrogen) atoms. The maximum absolute atomic E-state index is 5.33. The molecule has 0 aromatic heterocycles. The summed E-state index contributed by atoms with van der Waals surface area (Å²) in [5, 5.41) is 10.5. The van der Waals surface area contributed by atoms with Crippen molar-refractivity contribution < 1.29 is 0 Å². The molecular formula is C31H44N4Si2. The Balaban J connectivity index is 1.85. The van der Waals surface area contributed by atoms with E-state index >= 15 is 0 Å². The first-order chi connectivity index (χ1) is 17.5. The molecular weight excluding hydrogens is 485 g/mol. The summed E-state index contributed by atoms with van der Waals surface area (Å²) in [7, 11) is -3.34. The number of benzene rings is 3. The van der Waals surface area contributed by atoms with Crippen molar-refractivity contribution in [1.29, 1.82) is 0 Å². The SMILES string of the molecule is C/C(CC/C(=N/N(Cc1ccccc1)[Si](C)(C)C)c1ccccc1)=N\N(Cc1ccccc1)[Si](C)(C)C. The van der Waals surface area contributed by atoms with Crippen molar-refractivity contribution in [3.63, 3.8) is 0 Å². The standard InChI is InChI=1S/C31H44N4Si2/c1-27(32-34(36(2,3)4)25-28-17-11-8-12-18-28)23-24-31(30-21-15-10-16-22-30)33-35(37(5,6)7)26-29-19-13-9-14-20-29/h8-22H,23-26H2,1-7H3/b32-27+,33-31-. The topological polar surface area (TPSA) is 31.2 Å². The molecule has 0 atom stereocenters. The first kappa shape index (κ1) is 28.6. The first-order valence-corrected chi connectivity index (χ1v) is 20.2. The third-order valence-electron chi connectivity index (χ3n) is 6.26. The third kappa shape index (κ3) is 9.45. The first-order valence-electron chi connectivity index (χ1n) is 13.3. The van der Waals surface area contributed by atoms with Gasteiger partial charge in [-0.25, -0.2) is 0 Å². The van der Waals surface area contributed by atoms with Gasteiger partial charge in [-0.3, -0.25) is 0 Å². The molecule has 0 aliphatic heterocycles. The Bertz CT molecular complexity index is 1150. The summed E-state index contributed by atoms with van der Waals surface area (Å²) in [6.07, 6.45) is 1.74. The van der Waals surface area contributed by atoms with Gasteiger partial charge in [0.25, 0.3) is 0 Å². The van der Waals surface area contributed by atoms with Crippen LogP contribution in [0.3, 0.4) is 0 Å². The van der Waals surface area contributed by atoms with E-state index in [1.807, 2.05) is 0 Å². The van der Waals surface area contributed by atoms with Crippen LogP contribution in [0.25, 0.3) is 0 Å². The highest BCUT2D eigenvalue weighted by Crippen LogP contribution is 2.19. The normalized spacial score (nSPS) is 12.9. The molecule has 0 saturated carbocycles. The molecule has 3 aromatic carbocycles. The fourth-order valence-electron chi connectivity index (χ4n) is 3.94. The van der Waals surface area contributed by atoms with Crippen molar-refractivity contribution >= 4 is 27.9 Å². The number of hydrogen-bond acceptors (Lipinski definition) is 4. The van der Waals surface area contributed by atoms with Crippen molar-refractivity contribution in [3.8, 4) is 0 Å². The minimum absolute atomic E-state index is 0.834. The molecule has 0 aliphatic rings. The average molecular weight is 529 g/mol. The second-order valence-electron chi connectivity index (χ2n) is 11.7. The fourth-order valence-corrected chi connectivity index (χ4v) is 6.15. The van der Waals surface area contributed by atoms with Gasteiger partial charge in [-0.2, -0.15) is 10.2 Å². The van der Waals surface area contributed by atoms with Gasteiger partial charge in [-0.15, -0.1) is 0 Å². The Morgan fingerprint density at radius 1 is 0.568 bits per heavy atom. The molecule has 0 bridgehead atoms. The minimum atomic E-state index is -1.70. The van der Waals surface area contributed by atoms with Gasteiger partial charge in [-0.05, 0) is 36.5 Å². The second kappa shape index (κ2) is 13.0. The van der Waals surface area contributed by atoms with Crippen molar-refractivity contribution in [3.05, 3.63) is 108 Å². The van der Waals surface area contributed by atoms with E-state index in [9.17, 15) is 0 Å². The van der Waals surface area contributed by atoms with E-state index in [2.05, 4.69) is 147 Å². The zero-order valence-electron chi connectivity index (χ0n) is 23.8. The van der Waals surface area contributed by atoms with Gasteiger partial charge >= 0.3 is 0 Å². The number of nitrogens with zero attached hydrogens (tertiary/aromatic N) is 4. The number of hydrazone groups is 2. The lowest BCUT2D eigenvalue weighted by Gasteiger charge is -2.33. The second-order valence-corrected chi connectivity index (χ2v) is 21.4. The zero-order valence-corrected chi connectivity index (χ0v) is 25.8. The molecule has 0 saturated heterocycles. The van der Waals surface area contributed by atoms with E-state index in [0.717, 1.165) is 37.4 Å². The van der Waals surface area contributed by atoms with Crippen LogP contribution < -0.4 is 0 Å². The summed E-state index contributed by atoms with van der Waals surface area (Å²) < 4.78 is 4.71. The molecule has 0 N–H and O–H groups in total. The molecule has 0 aliphatic carbocycles. The quantitative estimate of drug-likeness (QED) is 0.135. The molecule has 0 fully saturated rings. The minimum Gasteiger partial charge on any atom is -0.320 e. The van der Waals surface area contributed by atoms with E-state index in [1.165, 1.54) is 16.7 Å². The predicted octanol–water partition coefficient (Wildman–Crippen LogP) is 8.22. The molecule has 196 valence electrons. The van der Waals surface area contributed by atoms with Gasteiger partial charge in [-0.1, -0.05) is 130 Å². The van der Waals surface area contributed by atoms with Crippen LogP contribution in [0.4, 0.5) is 0 Å². The molecule has 6 heteroatoms. The van der Waals surface area contributed by atoms with E-state index in [4.69, 9.17) is 10.2 Å². The van der Waals surface area contributed by atoms with E-state index in [-0.39, 0.29) is 0 Å². The van der Waals surface area contributed by atoms with Crippen molar-refractivity contribution in [2.24, 2.45) is 10.2 Å². The zero-order chi connectivity index (χ0) is 26.9. The Hall–Kier alpha value is -2.97. The summed E-state index contributed by atoms with van der Waals surface area (Å²) >= 11 is 0. The summed E-state index contributed by atoms with van der Waals surface area (Å²) in [6, 6.07) is 32.0. The highest BCUT2D eigenvalue weighted by molar-refractivity contribution is 6.73. The maximum atomic E-state index is 5.33. The largest absolute Gasteiger partial charge is 0.320 e. The average Bonchev–Trinajstić information content (AvgIpc) is 2.86. The van der Waals surface area contributed by atoms with E-state index in [0.29, 0.717) is 0 Å². The monoisotopic (exact) mass is 528 g/mol. The third-order valence-corrected chi connectivity index (χ3v) is 9.88. The summed E-state index contributed by atoms with van der Waals surface area (Å²) in [5.74, 6) is 0. The lowest BCUT2D eigenvalue weighted by molar-refractivity contribution is 0.440. The summed E-state index contributed by atoms with van der Waals surface area (Å²) in [6.45, 7) is 18.0. The maximum Gasteiger partial charge on any atom is 0.169 e. The van der Waals surface area contributed by atoms with Gasteiger partial charge < -0.3 is 9.35 Å². The van der Waals surface area contributed by atoms with Crippen molar-refractivity contribution in [1.82, 2.24) is 9.35 Å². The van der Waals surface area contributed by atoms with Gasteiger partial charge in [0.05, 0.1) is 18.8 Å². The summed E-state index contributed by atoms with van der Waals surface area (Å²) in [4.78, 5) is 0. The van der Waals surface area contributed by atoms with E-state index < -0.39 is 16.5 Å². The van der Waals surface area contributed by atoms with Crippen LogP contribution in [0.1, 0.15) is 36.5 Å².